The summed E-state index contributed by atoms with van der Waals surface area (Å²) in [5.74, 6) is -4.54. The van der Waals surface area contributed by atoms with Crippen LogP contribution in [0.2, 0.25) is 0 Å². The molecule has 3 N–H and O–H groups in total. The number of carbonyl (C=O) groups is 7. The summed E-state index contributed by atoms with van der Waals surface area (Å²) >= 11 is 0. The molecular formula is C24H32N5O9+. The van der Waals surface area contributed by atoms with Crippen LogP contribution in [0.5, 0.6) is 11.5 Å². The Labute approximate surface area is 219 Å². The highest BCUT2D eigenvalue weighted by Gasteiger charge is 2.38. The minimum atomic E-state index is -1.52. The van der Waals surface area contributed by atoms with Crippen LogP contribution in [0, 0.1) is 0 Å². The van der Waals surface area contributed by atoms with E-state index in [1.54, 1.807) is 27.7 Å². The van der Waals surface area contributed by atoms with Crippen LogP contribution in [-0.2, 0) is 28.8 Å². The Morgan fingerprint density at radius 2 is 1.63 bits per heavy atom. The lowest BCUT2D eigenvalue weighted by Gasteiger charge is -2.33. The number of nitrogens with zero attached hydrogens (tertiary/aromatic N) is 2. The van der Waals surface area contributed by atoms with Crippen LogP contribution in [0.3, 0.4) is 0 Å². The summed E-state index contributed by atoms with van der Waals surface area (Å²) in [7, 11) is 0. The number of esters is 2. The van der Waals surface area contributed by atoms with Crippen molar-refractivity contribution in [1.29, 1.82) is 0 Å². The van der Waals surface area contributed by atoms with Gasteiger partial charge in [-0.15, -0.1) is 0 Å². The average Bonchev–Trinajstić information content (AvgIpc) is 2.82. The predicted octanol–water partition coefficient (Wildman–Crippen LogP) is -1.15. The van der Waals surface area contributed by atoms with E-state index < -0.39 is 47.3 Å². The van der Waals surface area contributed by atoms with Crippen molar-refractivity contribution in [1.82, 2.24) is 20.5 Å². The molecule has 2 unspecified atom stereocenters. The van der Waals surface area contributed by atoms with Crippen LogP contribution in [0.4, 0.5) is 4.79 Å². The minimum Gasteiger partial charge on any atom is -0.423 e. The summed E-state index contributed by atoms with van der Waals surface area (Å²) in [4.78, 5) is 87.9. The maximum absolute atomic E-state index is 13.3. The Morgan fingerprint density at radius 1 is 1.03 bits per heavy atom. The van der Waals surface area contributed by atoms with E-state index in [0.29, 0.717) is 11.3 Å². The van der Waals surface area contributed by atoms with Gasteiger partial charge in [0.1, 0.15) is 11.6 Å². The maximum Gasteiger partial charge on any atom is 0.325 e. The molecular weight excluding hydrogens is 502 g/mol. The molecule has 14 nitrogen and oxygen atoms in total. The predicted molar refractivity (Wildman–Crippen MR) is 129 cm³/mol. The number of carbonyl (C=O) groups excluding carboxylic acids is 7. The number of rotatable bonds is 8. The van der Waals surface area contributed by atoms with E-state index in [1.165, 1.54) is 23.1 Å². The molecule has 1 aromatic carbocycles. The zero-order valence-electron chi connectivity index (χ0n) is 22.1. The lowest BCUT2D eigenvalue weighted by Crippen LogP contribution is -3.24. The summed E-state index contributed by atoms with van der Waals surface area (Å²) in [5, 5.41) is 2.43. The third-order valence-electron chi connectivity index (χ3n) is 5.46. The van der Waals surface area contributed by atoms with Crippen LogP contribution < -0.4 is 25.2 Å². The monoisotopic (exact) mass is 534 g/mol. The Bertz CT molecular complexity index is 1140. The van der Waals surface area contributed by atoms with Gasteiger partial charge >= 0.3 is 36.2 Å². The number of hydrogen-bond acceptors (Lipinski definition) is 9. The number of amides is 6. The number of quaternary nitrogens is 1. The normalized spacial score (nSPS) is 15.3. The van der Waals surface area contributed by atoms with Gasteiger partial charge in [-0.25, -0.2) is 9.59 Å². The molecule has 0 spiro atoms. The fourth-order valence-corrected chi connectivity index (χ4v) is 3.45. The van der Waals surface area contributed by atoms with Crippen molar-refractivity contribution in [3.8, 4) is 11.5 Å². The Morgan fingerprint density at radius 3 is 2.16 bits per heavy atom. The average molecular weight is 535 g/mol. The van der Waals surface area contributed by atoms with Crippen molar-refractivity contribution < 1.29 is 48.0 Å². The molecule has 1 aliphatic heterocycles. The molecule has 206 valence electrons. The zero-order valence-corrected chi connectivity index (χ0v) is 22.1. The van der Waals surface area contributed by atoms with Crippen molar-refractivity contribution >= 4 is 42.1 Å². The van der Waals surface area contributed by atoms with E-state index in [9.17, 15) is 33.6 Å². The highest BCUT2D eigenvalue weighted by molar-refractivity contribution is 6.38. The maximum atomic E-state index is 13.3. The van der Waals surface area contributed by atoms with Gasteiger partial charge in [0, 0.05) is 33.5 Å². The Hall–Kier alpha value is -4.33. The van der Waals surface area contributed by atoms with Gasteiger partial charge in [0.05, 0.1) is 0 Å². The third kappa shape index (κ3) is 7.35. The van der Waals surface area contributed by atoms with E-state index >= 15 is 0 Å². The first-order valence-corrected chi connectivity index (χ1v) is 11.7. The fourth-order valence-electron chi connectivity index (χ4n) is 3.45. The Balaban J connectivity index is 2.48. The summed E-state index contributed by atoms with van der Waals surface area (Å²) < 4.78 is 10.2. The highest BCUT2D eigenvalue weighted by atomic mass is 16.6. The number of urea groups is 1. The summed E-state index contributed by atoms with van der Waals surface area (Å²) in [6.45, 7) is 9.32. The standard InChI is InChI=1S/C24H31N5O9/c1-7-27-10-11-28(22(35)21(27)34)23(36)25-19(20(33)26-29(13-30)24(4,5)6)16-8-9-17(37-14(2)31)18(12-16)38-15(3)32/h8-9,12-13,19H,7,10-11H2,1-6H3,(H,25,36)(H,26,33)/p+1. The molecule has 6 amide bonds. The molecule has 1 saturated heterocycles. The number of ether oxygens (including phenoxy) is 2. The summed E-state index contributed by atoms with van der Waals surface area (Å²) in [6, 6.07) is 1.23. The van der Waals surface area contributed by atoms with Crippen molar-refractivity contribution in [3.05, 3.63) is 23.8 Å². The quantitative estimate of drug-likeness (QED) is 0.122. The second-order valence-corrected chi connectivity index (χ2v) is 9.39. The van der Waals surface area contributed by atoms with Crippen LogP contribution in [-0.4, -0.2) is 77.1 Å². The van der Waals surface area contributed by atoms with E-state index in [0.717, 1.165) is 13.8 Å². The summed E-state index contributed by atoms with van der Waals surface area (Å²) in [5.41, 5.74) is 1.79. The lowest BCUT2D eigenvalue weighted by molar-refractivity contribution is -0.898. The first-order chi connectivity index (χ1) is 17.7. The van der Waals surface area contributed by atoms with Crippen molar-refractivity contribution in [2.45, 2.75) is 53.1 Å². The van der Waals surface area contributed by atoms with Crippen molar-refractivity contribution in [2.75, 3.05) is 19.6 Å². The van der Waals surface area contributed by atoms with Gasteiger partial charge in [0.25, 0.3) is 5.91 Å². The molecule has 1 aromatic rings. The van der Waals surface area contributed by atoms with Gasteiger partial charge in [-0.3, -0.25) is 28.9 Å². The van der Waals surface area contributed by atoms with Gasteiger partial charge in [-0.1, -0.05) is 6.07 Å². The highest BCUT2D eigenvalue weighted by Crippen LogP contribution is 2.31. The number of imide groups is 1. The molecule has 1 aliphatic rings. The van der Waals surface area contributed by atoms with Gasteiger partial charge < -0.3 is 19.7 Å². The minimum absolute atomic E-state index is 0.0151. The number of piperazine rings is 1. The number of nitrogens with one attached hydrogen (secondary N) is 3. The van der Waals surface area contributed by atoms with Crippen molar-refractivity contribution in [3.63, 3.8) is 0 Å². The van der Waals surface area contributed by atoms with Crippen LogP contribution in [0.15, 0.2) is 18.2 Å². The first kappa shape index (κ1) is 29.9. The molecule has 0 aromatic heterocycles. The largest absolute Gasteiger partial charge is 0.423 e. The fraction of sp³-hybridized carbons (Fsp3) is 0.458. The second-order valence-electron chi connectivity index (χ2n) is 9.39. The number of hydrogen-bond donors (Lipinski definition) is 3. The zero-order chi connectivity index (χ0) is 28.8. The molecule has 0 bridgehead atoms. The van der Waals surface area contributed by atoms with Crippen LogP contribution in [0.1, 0.15) is 53.1 Å². The molecule has 0 saturated carbocycles. The summed E-state index contributed by atoms with van der Waals surface area (Å²) in [6.07, 6.45) is 0.469. The molecule has 2 rings (SSSR count). The smallest absolute Gasteiger partial charge is 0.325 e. The molecule has 1 heterocycles. The van der Waals surface area contributed by atoms with E-state index in [4.69, 9.17) is 9.47 Å². The van der Waals surface area contributed by atoms with Crippen molar-refractivity contribution in [2.24, 2.45) is 0 Å². The van der Waals surface area contributed by atoms with E-state index in [2.05, 4.69) is 10.7 Å². The first-order valence-electron chi connectivity index (χ1n) is 11.7. The third-order valence-corrected chi connectivity index (χ3v) is 5.46. The van der Waals surface area contributed by atoms with Gasteiger partial charge in [0.15, 0.2) is 11.5 Å². The number of benzene rings is 1. The lowest BCUT2D eigenvalue weighted by atomic mass is 10.0. The molecule has 2 atom stereocenters. The molecule has 1 fully saturated rings. The number of likely N-dealkylation sites (N-methyl/N-ethyl adjacent to an activating group) is 1. The van der Waals surface area contributed by atoms with Crippen LogP contribution >= 0.6 is 0 Å². The molecule has 0 aliphatic carbocycles. The Kier molecular flexibility index (Phi) is 9.66. The van der Waals surface area contributed by atoms with Gasteiger partial charge in [-0.2, -0.15) is 10.4 Å². The molecule has 38 heavy (non-hydrogen) atoms. The topological polar surface area (TPSA) is 173 Å². The van der Waals surface area contributed by atoms with E-state index in [-0.39, 0.29) is 41.7 Å². The molecule has 0 radical (unpaired) electrons. The van der Waals surface area contributed by atoms with Crippen LogP contribution in [0.25, 0.3) is 0 Å². The van der Waals surface area contributed by atoms with E-state index in [1.807, 2.05) is 0 Å². The second kappa shape index (κ2) is 12.3. The SMILES string of the molecule is CCN1CCN(C(=O)NC(C(=O)N[NH+](C=O)C(C)(C)C)c2ccc(OC(C)=O)c(OC(C)=O)c2)C(=O)C1=O. The van der Waals surface area contributed by atoms with Gasteiger partial charge in [0.2, 0.25) is 0 Å². The van der Waals surface area contributed by atoms with Gasteiger partial charge in [-0.05, 0) is 45.4 Å². The molecule has 14 heteroatoms.